The van der Waals surface area contributed by atoms with Crippen molar-refractivity contribution in [2.75, 3.05) is 36.4 Å². The topological polar surface area (TPSA) is 67.9 Å². The Morgan fingerprint density at radius 1 is 1.08 bits per heavy atom. The summed E-state index contributed by atoms with van der Waals surface area (Å²) in [7, 11) is -2.19. The fraction of sp³-hybridized carbons (Fsp3) is 0.368. The molecule has 140 valence electrons. The highest BCUT2D eigenvalue weighted by molar-refractivity contribution is 7.92. The van der Waals surface area contributed by atoms with E-state index >= 15 is 0 Å². The highest BCUT2D eigenvalue weighted by Gasteiger charge is 2.19. The molecule has 1 heterocycles. The molecule has 0 bridgehead atoms. The lowest BCUT2D eigenvalue weighted by molar-refractivity contribution is 0.340. The van der Waals surface area contributed by atoms with Crippen molar-refractivity contribution in [3.8, 4) is 11.5 Å². The van der Waals surface area contributed by atoms with Gasteiger partial charge in [-0.05, 0) is 62.2 Å². The molecular formula is C19H24N2O4S. The second-order valence-corrected chi connectivity index (χ2v) is 7.77. The van der Waals surface area contributed by atoms with Crippen LogP contribution in [-0.4, -0.2) is 35.2 Å². The van der Waals surface area contributed by atoms with Crippen molar-refractivity contribution in [1.29, 1.82) is 0 Å². The number of anilines is 2. The maximum Gasteiger partial charge on any atom is 0.262 e. The fourth-order valence-corrected chi connectivity index (χ4v) is 4.09. The largest absolute Gasteiger partial charge is 0.495 e. The number of nitrogens with zero attached hydrogens (tertiary/aromatic N) is 1. The van der Waals surface area contributed by atoms with Crippen LogP contribution in [0, 0.1) is 0 Å². The molecule has 1 N–H and O–H groups in total. The molecule has 7 heteroatoms. The van der Waals surface area contributed by atoms with Gasteiger partial charge in [-0.1, -0.05) is 0 Å². The van der Waals surface area contributed by atoms with Gasteiger partial charge in [0, 0.05) is 18.8 Å². The quantitative estimate of drug-likeness (QED) is 0.801. The number of ether oxygens (including phenoxy) is 2. The molecular weight excluding hydrogens is 352 g/mol. The number of hydrogen-bond donors (Lipinski definition) is 1. The van der Waals surface area contributed by atoms with Crippen LogP contribution >= 0.6 is 0 Å². The Balaban J connectivity index is 1.86. The summed E-state index contributed by atoms with van der Waals surface area (Å²) in [5, 5.41) is 0. The van der Waals surface area contributed by atoms with Crippen LogP contribution in [0.4, 0.5) is 11.4 Å². The van der Waals surface area contributed by atoms with Crippen LogP contribution in [0.5, 0.6) is 11.5 Å². The number of hydrogen-bond acceptors (Lipinski definition) is 5. The number of rotatable bonds is 7. The highest BCUT2D eigenvalue weighted by atomic mass is 32.2. The summed E-state index contributed by atoms with van der Waals surface area (Å²) in [5.41, 5.74) is 1.43. The molecule has 1 aliphatic rings. The maximum atomic E-state index is 12.8. The van der Waals surface area contributed by atoms with E-state index in [-0.39, 0.29) is 4.90 Å². The van der Waals surface area contributed by atoms with E-state index in [0.29, 0.717) is 23.8 Å². The van der Waals surface area contributed by atoms with Crippen molar-refractivity contribution in [1.82, 2.24) is 0 Å². The molecule has 0 aromatic heterocycles. The molecule has 2 aromatic rings. The molecule has 6 nitrogen and oxygen atoms in total. The molecule has 0 unspecified atom stereocenters. The van der Waals surface area contributed by atoms with Crippen LogP contribution in [0.15, 0.2) is 47.4 Å². The second kappa shape index (κ2) is 7.86. The zero-order chi connectivity index (χ0) is 18.6. The van der Waals surface area contributed by atoms with Gasteiger partial charge in [0.1, 0.15) is 11.5 Å². The molecule has 1 saturated heterocycles. The third kappa shape index (κ3) is 4.04. The normalized spacial score (nSPS) is 14.3. The van der Waals surface area contributed by atoms with Crippen LogP contribution in [0.2, 0.25) is 0 Å². The average Bonchev–Trinajstić information content (AvgIpc) is 3.17. The van der Waals surface area contributed by atoms with Gasteiger partial charge in [0.15, 0.2) is 0 Å². The SMILES string of the molecule is CCOc1ccc(S(=O)(=O)Nc2cc(N3CCCC3)ccc2OC)cc1. The summed E-state index contributed by atoms with van der Waals surface area (Å²) < 4.78 is 38.8. The summed E-state index contributed by atoms with van der Waals surface area (Å²) in [5.74, 6) is 1.13. The van der Waals surface area contributed by atoms with Gasteiger partial charge in [0.25, 0.3) is 10.0 Å². The van der Waals surface area contributed by atoms with Gasteiger partial charge in [0.05, 0.1) is 24.3 Å². The molecule has 1 aliphatic heterocycles. The first-order valence-corrected chi connectivity index (χ1v) is 10.2. The minimum Gasteiger partial charge on any atom is -0.495 e. The zero-order valence-electron chi connectivity index (χ0n) is 15.1. The van der Waals surface area contributed by atoms with Gasteiger partial charge in [-0.25, -0.2) is 8.42 Å². The molecule has 2 aromatic carbocycles. The Morgan fingerprint density at radius 2 is 1.77 bits per heavy atom. The van der Waals surface area contributed by atoms with Crippen LogP contribution in [0.25, 0.3) is 0 Å². The molecule has 0 spiro atoms. The van der Waals surface area contributed by atoms with Gasteiger partial charge < -0.3 is 14.4 Å². The summed E-state index contributed by atoms with van der Waals surface area (Å²) in [6, 6.07) is 11.9. The lowest BCUT2D eigenvalue weighted by Crippen LogP contribution is -2.18. The van der Waals surface area contributed by atoms with E-state index < -0.39 is 10.0 Å². The third-order valence-electron chi connectivity index (χ3n) is 4.34. The van der Waals surface area contributed by atoms with Crippen molar-refractivity contribution in [3.05, 3.63) is 42.5 Å². The molecule has 0 atom stereocenters. The predicted octanol–water partition coefficient (Wildman–Crippen LogP) is 3.49. The molecule has 0 saturated carbocycles. The van der Waals surface area contributed by atoms with Crippen LogP contribution < -0.4 is 19.1 Å². The summed E-state index contributed by atoms with van der Waals surface area (Å²) in [6.45, 7) is 4.38. The van der Waals surface area contributed by atoms with E-state index in [9.17, 15) is 8.42 Å². The van der Waals surface area contributed by atoms with Gasteiger partial charge in [-0.15, -0.1) is 0 Å². The standard InChI is InChI=1S/C19H24N2O4S/c1-3-25-16-7-9-17(10-8-16)26(22,23)20-18-14-15(6-11-19(18)24-2)21-12-4-5-13-21/h6-11,14,20H,3-5,12-13H2,1-2H3. The van der Waals surface area contributed by atoms with E-state index in [2.05, 4.69) is 9.62 Å². The van der Waals surface area contributed by atoms with Gasteiger partial charge in [-0.3, -0.25) is 4.72 Å². The lowest BCUT2D eigenvalue weighted by Gasteiger charge is -2.20. The average molecular weight is 376 g/mol. The molecule has 26 heavy (non-hydrogen) atoms. The van der Waals surface area contributed by atoms with Gasteiger partial charge in [0.2, 0.25) is 0 Å². The number of nitrogens with one attached hydrogen (secondary N) is 1. The van der Waals surface area contributed by atoms with Gasteiger partial charge in [-0.2, -0.15) is 0 Å². The van der Waals surface area contributed by atoms with Crippen molar-refractivity contribution in [3.63, 3.8) is 0 Å². The maximum absolute atomic E-state index is 12.8. The molecule has 0 radical (unpaired) electrons. The number of methoxy groups -OCH3 is 1. The van der Waals surface area contributed by atoms with E-state index in [4.69, 9.17) is 9.47 Å². The van der Waals surface area contributed by atoms with E-state index in [0.717, 1.165) is 31.6 Å². The number of benzene rings is 2. The van der Waals surface area contributed by atoms with E-state index in [1.807, 2.05) is 19.1 Å². The second-order valence-electron chi connectivity index (χ2n) is 6.09. The molecule has 3 rings (SSSR count). The Hall–Kier alpha value is -2.41. The monoisotopic (exact) mass is 376 g/mol. The fourth-order valence-electron chi connectivity index (χ4n) is 3.03. The first-order chi connectivity index (χ1) is 12.5. The molecule has 1 fully saturated rings. The lowest BCUT2D eigenvalue weighted by atomic mass is 10.2. The van der Waals surface area contributed by atoms with Crippen molar-refractivity contribution >= 4 is 21.4 Å². The minimum atomic E-state index is -3.72. The highest BCUT2D eigenvalue weighted by Crippen LogP contribution is 2.33. The van der Waals surface area contributed by atoms with Gasteiger partial charge >= 0.3 is 0 Å². The van der Waals surface area contributed by atoms with Crippen molar-refractivity contribution in [2.45, 2.75) is 24.7 Å². The van der Waals surface area contributed by atoms with Crippen molar-refractivity contribution in [2.24, 2.45) is 0 Å². The third-order valence-corrected chi connectivity index (χ3v) is 5.73. The molecule has 0 amide bonds. The van der Waals surface area contributed by atoms with E-state index in [1.165, 1.54) is 19.2 Å². The smallest absolute Gasteiger partial charge is 0.262 e. The predicted molar refractivity (Wildman–Crippen MR) is 103 cm³/mol. The zero-order valence-corrected chi connectivity index (χ0v) is 15.9. The van der Waals surface area contributed by atoms with Crippen molar-refractivity contribution < 1.29 is 17.9 Å². The summed E-state index contributed by atoms with van der Waals surface area (Å²) in [4.78, 5) is 2.42. The van der Waals surface area contributed by atoms with Crippen LogP contribution in [0.3, 0.4) is 0 Å². The minimum absolute atomic E-state index is 0.176. The Morgan fingerprint density at radius 3 is 2.38 bits per heavy atom. The van der Waals surface area contributed by atoms with Crippen LogP contribution in [0.1, 0.15) is 19.8 Å². The first-order valence-electron chi connectivity index (χ1n) is 8.72. The Labute approximate surface area is 154 Å². The Bertz CT molecular complexity index is 844. The van der Waals surface area contributed by atoms with Crippen LogP contribution in [-0.2, 0) is 10.0 Å². The summed E-state index contributed by atoms with van der Waals surface area (Å²) in [6.07, 6.45) is 2.30. The number of sulfonamides is 1. The Kier molecular flexibility index (Phi) is 5.56. The first kappa shape index (κ1) is 18.4. The van der Waals surface area contributed by atoms with E-state index in [1.54, 1.807) is 18.2 Å². The molecule has 0 aliphatic carbocycles. The summed E-state index contributed by atoms with van der Waals surface area (Å²) >= 11 is 0.